The van der Waals surface area contributed by atoms with Crippen LogP contribution in [0.1, 0.15) is 51.9 Å². The molecule has 5 atom stereocenters. The second kappa shape index (κ2) is 11.6. The molecular formula is C34H45FN6O2. The number of methoxy groups -OCH3 is 1. The normalized spacial score (nSPS) is 26.7. The number of fused-ring (bicyclic) bond motifs is 3. The van der Waals surface area contributed by atoms with E-state index in [2.05, 4.69) is 43.2 Å². The summed E-state index contributed by atoms with van der Waals surface area (Å²) in [6.07, 6.45) is 3.32. The third-order valence-electron chi connectivity index (χ3n) is 10.6. The highest BCUT2D eigenvalue weighted by atomic mass is 19.1. The number of aryl methyl sites for hydroxylation is 2. The second-order valence-electron chi connectivity index (χ2n) is 13.5. The highest BCUT2D eigenvalue weighted by molar-refractivity contribution is 5.96. The van der Waals surface area contributed by atoms with Gasteiger partial charge in [-0.3, -0.25) is 9.36 Å². The molecule has 1 saturated heterocycles. The van der Waals surface area contributed by atoms with E-state index in [-0.39, 0.29) is 11.4 Å². The van der Waals surface area contributed by atoms with Gasteiger partial charge in [-0.2, -0.15) is 0 Å². The van der Waals surface area contributed by atoms with Crippen molar-refractivity contribution in [1.82, 2.24) is 19.8 Å². The number of anilines is 1. The Labute approximate surface area is 253 Å². The maximum atomic E-state index is 14.6. The zero-order chi connectivity index (χ0) is 30.5. The van der Waals surface area contributed by atoms with Gasteiger partial charge in [0, 0.05) is 50.9 Å². The molecule has 7 rings (SSSR count). The van der Waals surface area contributed by atoms with Crippen molar-refractivity contribution in [2.45, 2.75) is 65.5 Å². The molecule has 3 aliphatic carbocycles. The summed E-state index contributed by atoms with van der Waals surface area (Å²) in [5.41, 5.74) is 2.36. The Balaban J connectivity index is 1.28. The Hall–Kier alpha value is -3.46. The molecule has 0 amide bonds. The van der Waals surface area contributed by atoms with Gasteiger partial charge in [-0.1, -0.05) is 26.8 Å². The van der Waals surface area contributed by atoms with E-state index in [1.165, 1.54) is 19.6 Å². The molecule has 1 aliphatic heterocycles. The quantitative estimate of drug-likeness (QED) is 0.312. The van der Waals surface area contributed by atoms with E-state index >= 15 is 0 Å². The number of guanidine groups is 1. The van der Waals surface area contributed by atoms with Crippen LogP contribution in [-0.4, -0.2) is 59.2 Å². The van der Waals surface area contributed by atoms with E-state index in [0.717, 1.165) is 43.6 Å². The van der Waals surface area contributed by atoms with Gasteiger partial charge < -0.3 is 20.3 Å². The summed E-state index contributed by atoms with van der Waals surface area (Å²) in [6.45, 7) is 12.1. The third kappa shape index (κ3) is 5.64. The standard InChI is InChI=1S/C34H45FN6O2/c1-20-19-41(14-13-36-20)33(39-29-16-23-15-27(21(29)2)34(23,3)4)37-24-9-11-26-30(17-24)38-31(40(5)32(26)42)12-8-22-7-10-25(43-6)18-28(22)35/h7,9-11,17-18,20-21,23,27,29,36H,8,12-16,19H2,1-6H3,(H,37,39)/t20-,21-,23-,27+,29?/m0/s1. The minimum Gasteiger partial charge on any atom is -0.497 e. The number of hydrogen-bond acceptors (Lipinski definition) is 5. The van der Waals surface area contributed by atoms with E-state index in [1.54, 1.807) is 23.7 Å². The molecular weight excluding hydrogens is 543 g/mol. The van der Waals surface area contributed by atoms with Gasteiger partial charge in [-0.05, 0) is 79.2 Å². The average molecular weight is 589 g/mol. The molecule has 2 heterocycles. The fourth-order valence-electron chi connectivity index (χ4n) is 7.62. The van der Waals surface area contributed by atoms with Crippen LogP contribution in [0.3, 0.4) is 0 Å². The molecule has 8 nitrogen and oxygen atoms in total. The SMILES string of the molecule is COc1ccc(CCc2nc3cc(NC(=NC4C[C@@H]5C[C@H]([C@@H]4C)C5(C)C)N4CCN[C@@H](C)C4)ccc3c(=O)n2C)c(F)c1. The number of benzene rings is 2. The van der Waals surface area contributed by atoms with Gasteiger partial charge in [-0.25, -0.2) is 14.4 Å². The van der Waals surface area contributed by atoms with Crippen molar-refractivity contribution in [3.63, 3.8) is 0 Å². The number of nitrogens with one attached hydrogen (secondary N) is 2. The maximum absolute atomic E-state index is 14.6. The van der Waals surface area contributed by atoms with Crippen LogP contribution in [0.25, 0.3) is 10.9 Å². The molecule has 1 aromatic heterocycles. The van der Waals surface area contributed by atoms with Gasteiger partial charge in [0.1, 0.15) is 17.4 Å². The summed E-state index contributed by atoms with van der Waals surface area (Å²) in [7, 11) is 3.25. The third-order valence-corrected chi connectivity index (χ3v) is 10.6. The molecule has 4 aliphatic rings. The first kappa shape index (κ1) is 29.6. The lowest BCUT2D eigenvalue weighted by atomic mass is 9.45. The van der Waals surface area contributed by atoms with Crippen LogP contribution < -0.4 is 20.9 Å². The molecule has 43 heavy (non-hydrogen) atoms. The topological polar surface area (TPSA) is 83.8 Å². The number of aromatic nitrogens is 2. The van der Waals surface area contributed by atoms with Crippen LogP contribution in [0.4, 0.5) is 10.1 Å². The Morgan fingerprint density at radius 3 is 2.70 bits per heavy atom. The van der Waals surface area contributed by atoms with E-state index in [0.29, 0.717) is 70.2 Å². The number of halogens is 1. The molecule has 2 aromatic carbocycles. The van der Waals surface area contributed by atoms with Crippen molar-refractivity contribution in [2.24, 2.45) is 35.2 Å². The first-order chi connectivity index (χ1) is 20.5. The zero-order valence-electron chi connectivity index (χ0n) is 26.3. The van der Waals surface area contributed by atoms with Gasteiger partial charge >= 0.3 is 0 Å². The minimum absolute atomic E-state index is 0.107. The summed E-state index contributed by atoms with van der Waals surface area (Å²) in [6, 6.07) is 11.3. The largest absolute Gasteiger partial charge is 0.497 e. The minimum atomic E-state index is -0.321. The fraction of sp³-hybridized carbons (Fsp3) is 0.559. The first-order valence-electron chi connectivity index (χ1n) is 15.7. The van der Waals surface area contributed by atoms with Crippen LogP contribution >= 0.6 is 0 Å². The number of nitrogens with zero attached hydrogens (tertiary/aromatic N) is 4. The van der Waals surface area contributed by atoms with Crippen molar-refractivity contribution < 1.29 is 9.13 Å². The number of hydrogen-bond donors (Lipinski definition) is 2. The molecule has 9 heteroatoms. The van der Waals surface area contributed by atoms with E-state index in [1.807, 2.05) is 18.2 Å². The highest BCUT2D eigenvalue weighted by Gasteiger charge is 2.56. The lowest BCUT2D eigenvalue weighted by Crippen LogP contribution is -2.57. The second-order valence-corrected chi connectivity index (χ2v) is 13.5. The lowest BCUT2D eigenvalue weighted by Gasteiger charge is -2.61. The molecule has 0 radical (unpaired) electrons. The van der Waals surface area contributed by atoms with Gasteiger partial charge in [0.2, 0.25) is 0 Å². The maximum Gasteiger partial charge on any atom is 0.261 e. The van der Waals surface area contributed by atoms with Crippen molar-refractivity contribution in [2.75, 3.05) is 32.1 Å². The van der Waals surface area contributed by atoms with Crippen LogP contribution in [0.15, 0.2) is 46.2 Å². The van der Waals surface area contributed by atoms with Gasteiger partial charge in [0.15, 0.2) is 5.96 Å². The Bertz CT molecular complexity index is 1600. The van der Waals surface area contributed by atoms with Gasteiger partial charge in [-0.15, -0.1) is 0 Å². The van der Waals surface area contributed by atoms with Crippen molar-refractivity contribution in [3.8, 4) is 5.75 Å². The molecule has 2 bridgehead atoms. The molecule has 0 spiro atoms. The van der Waals surface area contributed by atoms with E-state index in [4.69, 9.17) is 14.7 Å². The first-order valence-corrected chi connectivity index (χ1v) is 15.7. The monoisotopic (exact) mass is 588 g/mol. The summed E-state index contributed by atoms with van der Waals surface area (Å²) < 4.78 is 21.3. The molecule has 4 fully saturated rings. The molecule has 1 unspecified atom stereocenters. The van der Waals surface area contributed by atoms with E-state index in [9.17, 15) is 9.18 Å². The van der Waals surface area contributed by atoms with Crippen LogP contribution in [0.2, 0.25) is 0 Å². The van der Waals surface area contributed by atoms with Crippen LogP contribution in [0.5, 0.6) is 5.75 Å². The lowest BCUT2D eigenvalue weighted by molar-refractivity contribution is -0.108. The van der Waals surface area contributed by atoms with E-state index < -0.39 is 0 Å². The average Bonchev–Trinajstić information content (AvgIpc) is 2.98. The fourth-order valence-corrected chi connectivity index (χ4v) is 7.62. The predicted octanol–water partition coefficient (Wildman–Crippen LogP) is 5.00. The van der Waals surface area contributed by atoms with Gasteiger partial charge in [0.25, 0.3) is 5.56 Å². The Kier molecular flexibility index (Phi) is 7.96. The Morgan fingerprint density at radius 2 is 2.00 bits per heavy atom. The van der Waals surface area contributed by atoms with Crippen molar-refractivity contribution in [3.05, 3.63) is 64.0 Å². The zero-order valence-corrected chi connectivity index (χ0v) is 26.3. The number of piperazine rings is 1. The predicted molar refractivity (Wildman–Crippen MR) is 170 cm³/mol. The smallest absolute Gasteiger partial charge is 0.261 e. The molecule has 230 valence electrons. The highest BCUT2D eigenvalue weighted by Crippen LogP contribution is 2.61. The number of ether oxygens (including phenoxy) is 1. The van der Waals surface area contributed by atoms with Crippen LogP contribution in [0, 0.1) is 29.0 Å². The van der Waals surface area contributed by atoms with Crippen molar-refractivity contribution >= 4 is 22.5 Å². The van der Waals surface area contributed by atoms with Gasteiger partial charge in [0.05, 0.1) is 24.1 Å². The molecule has 3 saturated carbocycles. The summed E-state index contributed by atoms with van der Waals surface area (Å²) >= 11 is 0. The van der Waals surface area contributed by atoms with Crippen molar-refractivity contribution in [1.29, 1.82) is 0 Å². The number of rotatable bonds is 6. The summed E-state index contributed by atoms with van der Waals surface area (Å²) in [5.74, 6) is 3.67. The Morgan fingerprint density at radius 1 is 1.19 bits per heavy atom. The number of aliphatic imine (C=N–C) groups is 1. The molecule has 2 N–H and O–H groups in total. The molecule has 3 aromatic rings. The summed E-state index contributed by atoms with van der Waals surface area (Å²) in [4.78, 5) is 25.9. The summed E-state index contributed by atoms with van der Waals surface area (Å²) in [5, 5.41) is 7.75. The van der Waals surface area contributed by atoms with Crippen LogP contribution in [-0.2, 0) is 19.9 Å².